The van der Waals surface area contributed by atoms with E-state index in [-0.39, 0.29) is 0 Å². The van der Waals surface area contributed by atoms with Crippen molar-refractivity contribution in [1.82, 2.24) is 0 Å². The Bertz CT molecular complexity index is 570. The maximum atomic E-state index is 5.63. The van der Waals surface area contributed by atoms with Crippen LogP contribution in [0.2, 0.25) is 0 Å². The Kier molecular flexibility index (Phi) is 5.27. The van der Waals surface area contributed by atoms with E-state index >= 15 is 0 Å². The Balaban J connectivity index is 2.05. The van der Waals surface area contributed by atoms with E-state index in [1.54, 1.807) is 0 Å². The molecule has 0 aliphatic heterocycles. The molecule has 0 heterocycles. The molecular formula is C18H23NS. The number of rotatable bonds is 5. The van der Waals surface area contributed by atoms with E-state index in [1.165, 1.54) is 32.7 Å². The highest BCUT2D eigenvalue weighted by Gasteiger charge is 2.02. The van der Waals surface area contributed by atoms with Gasteiger partial charge in [-0.3, -0.25) is 0 Å². The molecule has 0 bridgehead atoms. The van der Waals surface area contributed by atoms with Crippen molar-refractivity contribution in [3.05, 3.63) is 64.2 Å². The van der Waals surface area contributed by atoms with Gasteiger partial charge in [-0.15, -0.1) is 11.8 Å². The summed E-state index contributed by atoms with van der Waals surface area (Å²) >= 11 is 1.90. The quantitative estimate of drug-likeness (QED) is 0.824. The van der Waals surface area contributed by atoms with Crippen LogP contribution in [-0.4, -0.2) is 6.54 Å². The molecule has 0 atom stereocenters. The summed E-state index contributed by atoms with van der Waals surface area (Å²) in [7, 11) is 0. The van der Waals surface area contributed by atoms with E-state index in [1.807, 2.05) is 11.8 Å². The predicted molar refractivity (Wildman–Crippen MR) is 89.4 cm³/mol. The lowest BCUT2D eigenvalue weighted by atomic mass is 10.1. The minimum atomic E-state index is 0.718. The first-order valence-electron chi connectivity index (χ1n) is 7.08. The van der Waals surface area contributed by atoms with Crippen molar-refractivity contribution < 1.29 is 0 Å². The topological polar surface area (TPSA) is 26.0 Å². The van der Waals surface area contributed by atoms with Gasteiger partial charge in [-0.25, -0.2) is 0 Å². The van der Waals surface area contributed by atoms with Crippen molar-refractivity contribution in [2.24, 2.45) is 5.73 Å². The fourth-order valence-corrected chi connectivity index (χ4v) is 3.44. The molecule has 0 spiro atoms. The number of aryl methyl sites for hydroxylation is 3. The maximum Gasteiger partial charge on any atom is 0.0232 e. The zero-order chi connectivity index (χ0) is 14.5. The van der Waals surface area contributed by atoms with Crippen LogP contribution in [-0.2, 0) is 12.2 Å². The molecule has 0 saturated heterocycles. The first-order chi connectivity index (χ1) is 9.58. The first kappa shape index (κ1) is 15.1. The first-order valence-corrected chi connectivity index (χ1v) is 8.06. The molecule has 0 unspecified atom stereocenters. The molecule has 20 heavy (non-hydrogen) atoms. The summed E-state index contributed by atoms with van der Waals surface area (Å²) < 4.78 is 0. The third kappa shape index (κ3) is 4.12. The van der Waals surface area contributed by atoms with Crippen molar-refractivity contribution in [2.75, 3.05) is 6.54 Å². The van der Waals surface area contributed by atoms with Crippen molar-refractivity contribution in [3.63, 3.8) is 0 Å². The van der Waals surface area contributed by atoms with Gasteiger partial charge in [0.25, 0.3) is 0 Å². The summed E-state index contributed by atoms with van der Waals surface area (Å²) in [5.41, 5.74) is 12.4. The van der Waals surface area contributed by atoms with Crippen LogP contribution in [0.4, 0.5) is 0 Å². The Morgan fingerprint density at radius 2 is 1.65 bits per heavy atom. The predicted octanol–water partition coefficient (Wildman–Crippen LogP) is 4.41. The lowest BCUT2D eigenvalue weighted by Gasteiger charge is -2.08. The van der Waals surface area contributed by atoms with E-state index in [4.69, 9.17) is 5.73 Å². The van der Waals surface area contributed by atoms with Crippen molar-refractivity contribution in [2.45, 2.75) is 37.8 Å². The Morgan fingerprint density at radius 3 is 2.25 bits per heavy atom. The standard InChI is InChI=1S/C18H23NS/c1-13-8-14(2)10-16(9-13)12-20-18-5-4-17(6-7-19)15(3)11-18/h4-5,8-11H,6-7,12,19H2,1-3H3. The summed E-state index contributed by atoms with van der Waals surface area (Å²) in [4.78, 5) is 1.34. The van der Waals surface area contributed by atoms with Crippen LogP contribution in [0.3, 0.4) is 0 Å². The highest BCUT2D eigenvalue weighted by atomic mass is 32.2. The fraction of sp³-hybridized carbons (Fsp3) is 0.333. The number of thioether (sulfide) groups is 1. The fourth-order valence-electron chi connectivity index (χ4n) is 2.51. The third-order valence-electron chi connectivity index (χ3n) is 3.41. The summed E-state index contributed by atoms with van der Waals surface area (Å²) in [6.07, 6.45) is 0.966. The van der Waals surface area contributed by atoms with Gasteiger partial charge in [0.2, 0.25) is 0 Å². The zero-order valence-corrected chi connectivity index (χ0v) is 13.4. The van der Waals surface area contributed by atoms with Crippen LogP contribution in [0, 0.1) is 20.8 Å². The van der Waals surface area contributed by atoms with Crippen LogP contribution >= 0.6 is 11.8 Å². The van der Waals surface area contributed by atoms with E-state index in [2.05, 4.69) is 57.2 Å². The molecular weight excluding hydrogens is 262 g/mol. The van der Waals surface area contributed by atoms with E-state index in [0.29, 0.717) is 0 Å². The second-order valence-corrected chi connectivity index (χ2v) is 6.46. The summed E-state index contributed by atoms with van der Waals surface area (Å²) in [5, 5.41) is 0. The van der Waals surface area contributed by atoms with Crippen molar-refractivity contribution in [1.29, 1.82) is 0 Å². The lowest BCUT2D eigenvalue weighted by Crippen LogP contribution is -2.03. The minimum absolute atomic E-state index is 0.718. The van der Waals surface area contributed by atoms with Gasteiger partial charge in [0, 0.05) is 10.6 Å². The lowest BCUT2D eigenvalue weighted by molar-refractivity contribution is 0.954. The number of hydrogen-bond acceptors (Lipinski definition) is 2. The van der Waals surface area contributed by atoms with Gasteiger partial charge in [-0.05, 0) is 62.6 Å². The van der Waals surface area contributed by atoms with Gasteiger partial charge < -0.3 is 5.73 Å². The Labute approximate surface area is 126 Å². The molecule has 2 heteroatoms. The van der Waals surface area contributed by atoms with Crippen LogP contribution in [0.25, 0.3) is 0 Å². The molecule has 0 amide bonds. The van der Waals surface area contributed by atoms with Gasteiger partial charge >= 0.3 is 0 Å². The second kappa shape index (κ2) is 6.96. The molecule has 0 radical (unpaired) electrons. The summed E-state index contributed by atoms with van der Waals surface area (Å²) in [5.74, 6) is 1.03. The molecule has 0 aliphatic rings. The molecule has 0 aliphatic carbocycles. The monoisotopic (exact) mass is 285 g/mol. The van der Waals surface area contributed by atoms with Gasteiger partial charge in [0.15, 0.2) is 0 Å². The maximum absolute atomic E-state index is 5.63. The highest BCUT2D eigenvalue weighted by molar-refractivity contribution is 7.98. The average molecular weight is 285 g/mol. The SMILES string of the molecule is Cc1cc(C)cc(CSc2ccc(CCN)c(C)c2)c1. The second-order valence-electron chi connectivity index (χ2n) is 5.41. The summed E-state index contributed by atoms with van der Waals surface area (Å²) in [6, 6.07) is 13.5. The molecule has 0 fully saturated rings. The Hall–Kier alpha value is -1.25. The molecule has 2 aromatic carbocycles. The van der Waals surface area contributed by atoms with Gasteiger partial charge in [0.05, 0.1) is 0 Å². The number of hydrogen-bond donors (Lipinski definition) is 1. The van der Waals surface area contributed by atoms with Crippen molar-refractivity contribution >= 4 is 11.8 Å². The van der Waals surface area contributed by atoms with Crippen LogP contribution < -0.4 is 5.73 Å². The molecule has 2 rings (SSSR count). The van der Waals surface area contributed by atoms with Crippen LogP contribution in [0.15, 0.2) is 41.3 Å². The molecule has 2 N–H and O–H groups in total. The number of benzene rings is 2. The third-order valence-corrected chi connectivity index (χ3v) is 4.48. The summed E-state index contributed by atoms with van der Waals surface area (Å²) in [6.45, 7) is 7.21. The normalized spacial score (nSPS) is 10.8. The Morgan fingerprint density at radius 1 is 0.950 bits per heavy atom. The van der Waals surface area contributed by atoms with Crippen LogP contribution in [0.5, 0.6) is 0 Å². The van der Waals surface area contributed by atoms with Crippen molar-refractivity contribution in [3.8, 4) is 0 Å². The largest absolute Gasteiger partial charge is 0.330 e. The molecule has 1 nitrogen and oxygen atoms in total. The van der Waals surface area contributed by atoms with E-state index < -0.39 is 0 Å². The minimum Gasteiger partial charge on any atom is -0.330 e. The average Bonchev–Trinajstić information content (AvgIpc) is 2.38. The molecule has 106 valence electrons. The molecule has 2 aromatic rings. The molecule has 0 aromatic heterocycles. The number of nitrogens with two attached hydrogens (primary N) is 1. The molecule has 0 saturated carbocycles. The zero-order valence-electron chi connectivity index (χ0n) is 12.6. The van der Waals surface area contributed by atoms with E-state index in [9.17, 15) is 0 Å². The van der Waals surface area contributed by atoms with Gasteiger partial charge in [-0.1, -0.05) is 35.4 Å². The van der Waals surface area contributed by atoms with Gasteiger partial charge in [-0.2, -0.15) is 0 Å². The highest BCUT2D eigenvalue weighted by Crippen LogP contribution is 2.26. The van der Waals surface area contributed by atoms with Gasteiger partial charge in [0.1, 0.15) is 0 Å². The smallest absolute Gasteiger partial charge is 0.0232 e. The van der Waals surface area contributed by atoms with E-state index in [0.717, 1.165) is 18.7 Å². The van der Waals surface area contributed by atoms with Crippen LogP contribution in [0.1, 0.15) is 27.8 Å².